The molecule has 2 N–H and O–H groups in total. The Morgan fingerprint density at radius 3 is 2.78 bits per heavy atom. The molecule has 0 saturated carbocycles. The van der Waals surface area contributed by atoms with E-state index in [0.717, 1.165) is 37.1 Å². The van der Waals surface area contributed by atoms with Crippen molar-refractivity contribution in [3.05, 3.63) is 29.3 Å². The van der Waals surface area contributed by atoms with Crippen LogP contribution >= 0.6 is 0 Å². The van der Waals surface area contributed by atoms with Gasteiger partial charge >= 0.3 is 5.97 Å². The third-order valence-corrected chi connectivity index (χ3v) is 2.74. The van der Waals surface area contributed by atoms with Gasteiger partial charge in [0.15, 0.2) is 0 Å². The molecule has 1 aromatic rings. The summed E-state index contributed by atoms with van der Waals surface area (Å²) in [6.45, 7) is 2.74. The molecule has 0 atom stereocenters. The van der Waals surface area contributed by atoms with Crippen LogP contribution in [0.3, 0.4) is 0 Å². The van der Waals surface area contributed by atoms with E-state index in [1.807, 2.05) is 25.1 Å². The van der Waals surface area contributed by atoms with E-state index in [-0.39, 0.29) is 6.42 Å². The molecule has 0 saturated heterocycles. The average molecular weight is 246 g/mol. The number of carbonyl (C=O) groups is 1. The van der Waals surface area contributed by atoms with Crippen LogP contribution in [0.25, 0.3) is 0 Å². The van der Waals surface area contributed by atoms with Crippen molar-refractivity contribution >= 4 is 11.7 Å². The van der Waals surface area contributed by atoms with Gasteiger partial charge < -0.3 is 10.4 Å². The van der Waals surface area contributed by atoms with Gasteiger partial charge in [0.2, 0.25) is 0 Å². The molecule has 96 valence electrons. The molecular weight excluding hydrogens is 228 g/mol. The molecule has 0 amide bonds. The minimum Gasteiger partial charge on any atom is -0.481 e. The van der Waals surface area contributed by atoms with Gasteiger partial charge in [-0.1, -0.05) is 6.42 Å². The number of nitrogens with zero attached hydrogens (tertiary/aromatic N) is 1. The zero-order chi connectivity index (χ0) is 13.4. The number of aliphatic carboxylic acids is 1. The molecule has 0 aliphatic heterocycles. The lowest BCUT2D eigenvalue weighted by molar-refractivity contribution is -0.137. The molecule has 0 heterocycles. The smallest absolute Gasteiger partial charge is 0.303 e. The number of nitriles is 1. The number of carboxylic acids is 1. The summed E-state index contributed by atoms with van der Waals surface area (Å²) in [5.41, 5.74) is 2.67. The molecule has 0 fully saturated rings. The van der Waals surface area contributed by atoms with Crippen LogP contribution in [0.15, 0.2) is 18.2 Å². The van der Waals surface area contributed by atoms with Gasteiger partial charge in [0, 0.05) is 18.7 Å². The molecule has 1 aromatic carbocycles. The molecule has 4 nitrogen and oxygen atoms in total. The number of hydrogen-bond donors (Lipinski definition) is 2. The van der Waals surface area contributed by atoms with Crippen LogP contribution < -0.4 is 5.32 Å². The van der Waals surface area contributed by atoms with Gasteiger partial charge in [-0.2, -0.15) is 5.26 Å². The van der Waals surface area contributed by atoms with Gasteiger partial charge in [-0.15, -0.1) is 0 Å². The Balaban J connectivity index is 2.26. The maximum atomic E-state index is 10.3. The Kier molecular flexibility index (Phi) is 5.72. The predicted molar refractivity (Wildman–Crippen MR) is 70.5 cm³/mol. The lowest BCUT2D eigenvalue weighted by Gasteiger charge is -2.07. The second-order valence-electron chi connectivity index (χ2n) is 4.27. The van der Waals surface area contributed by atoms with E-state index in [2.05, 4.69) is 11.4 Å². The second-order valence-corrected chi connectivity index (χ2v) is 4.27. The fraction of sp³-hybridized carbons (Fsp3) is 0.429. The summed E-state index contributed by atoms with van der Waals surface area (Å²) in [5.74, 6) is -0.731. The second kappa shape index (κ2) is 7.33. The van der Waals surface area contributed by atoms with Crippen molar-refractivity contribution in [1.29, 1.82) is 5.26 Å². The monoisotopic (exact) mass is 246 g/mol. The van der Waals surface area contributed by atoms with Crippen molar-refractivity contribution in [3.8, 4) is 6.07 Å². The minimum absolute atomic E-state index is 0.246. The maximum Gasteiger partial charge on any atom is 0.303 e. The summed E-state index contributed by atoms with van der Waals surface area (Å²) in [7, 11) is 0. The number of unbranched alkanes of at least 4 members (excludes halogenated alkanes) is 2. The van der Waals surface area contributed by atoms with E-state index in [4.69, 9.17) is 10.4 Å². The molecule has 0 unspecified atom stereocenters. The van der Waals surface area contributed by atoms with Crippen LogP contribution in [0, 0.1) is 18.3 Å². The van der Waals surface area contributed by atoms with Crippen LogP contribution in [0.5, 0.6) is 0 Å². The van der Waals surface area contributed by atoms with E-state index in [1.165, 1.54) is 0 Å². The van der Waals surface area contributed by atoms with Gasteiger partial charge in [-0.25, -0.2) is 0 Å². The average Bonchev–Trinajstić information content (AvgIpc) is 2.33. The third-order valence-electron chi connectivity index (χ3n) is 2.74. The Morgan fingerprint density at radius 2 is 2.17 bits per heavy atom. The predicted octanol–water partition coefficient (Wildman–Crippen LogP) is 2.92. The summed E-state index contributed by atoms with van der Waals surface area (Å²) in [6, 6.07) is 7.79. The fourth-order valence-corrected chi connectivity index (χ4v) is 1.71. The van der Waals surface area contributed by atoms with Gasteiger partial charge in [0.05, 0.1) is 11.6 Å². The van der Waals surface area contributed by atoms with Crippen LogP contribution in [0.4, 0.5) is 5.69 Å². The lowest BCUT2D eigenvalue weighted by atomic mass is 10.1. The molecule has 0 radical (unpaired) electrons. The van der Waals surface area contributed by atoms with Crippen molar-refractivity contribution in [2.45, 2.75) is 32.6 Å². The summed E-state index contributed by atoms with van der Waals surface area (Å²) in [4.78, 5) is 10.3. The Morgan fingerprint density at radius 1 is 1.39 bits per heavy atom. The quantitative estimate of drug-likeness (QED) is 0.725. The normalized spacial score (nSPS) is 9.78. The molecule has 0 aliphatic carbocycles. The Labute approximate surface area is 107 Å². The number of rotatable bonds is 7. The fourth-order valence-electron chi connectivity index (χ4n) is 1.71. The SMILES string of the molecule is Cc1cc(NCCCCCC(=O)O)ccc1C#N. The highest BCUT2D eigenvalue weighted by molar-refractivity contribution is 5.66. The zero-order valence-electron chi connectivity index (χ0n) is 10.6. The van der Waals surface area contributed by atoms with Crippen molar-refractivity contribution in [1.82, 2.24) is 0 Å². The van der Waals surface area contributed by atoms with Crippen LogP contribution in [-0.4, -0.2) is 17.6 Å². The van der Waals surface area contributed by atoms with Gasteiger partial charge in [-0.05, 0) is 43.5 Å². The lowest BCUT2D eigenvalue weighted by Crippen LogP contribution is -2.02. The highest BCUT2D eigenvalue weighted by Gasteiger charge is 1.99. The van der Waals surface area contributed by atoms with Crippen LogP contribution in [-0.2, 0) is 4.79 Å². The highest BCUT2D eigenvalue weighted by Crippen LogP contribution is 2.14. The van der Waals surface area contributed by atoms with E-state index in [1.54, 1.807) is 0 Å². The maximum absolute atomic E-state index is 10.3. The van der Waals surface area contributed by atoms with E-state index >= 15 is 0 Å². The number of benzene rings is 1. The van der Waals surface area contributed by atoms with Crippen molar-refractivity contribution in [3.63, 3.8) is 0 Å². The van der Waals surface area contributed by atoms with E-state index < -0.39 is 5.97 Å². The molecule has 0 aliphatic rings. The topological polar surface area (TPSA) is 73.1 Å². The largest absolute Gasteiger partial charge is 0.481 e. The van der Waals surface area contributed by atoms with Crippen molar-refractivity contribution in [2.75, 3.05) is 11.9 Å². The molecule has 18 heavy (non-hydrogen) atoms. The minimum atomic E-state index is -0.731. The highest BCUT2D eigenvalue weighted by atomic mass is 16.4. The number of aryl methyl sites for hydroxylation is 1. The molecule has 0 aromatic heterocycles. The summed E-state index contributed by atoms with van der Waals surface area (Å²) in [5, 5.41) is 20.6. The van der Waals surface area contributed by atoms with Gasteiger partial charge in [0.25, 0.3) is 0 Å². The molecule has 1 rings (SSSR count). The standard InChI is InChI=1S/C14H18N2O2/c1-11-9-13(7-6-12(11)10-15)16-8-4-2-3-5-14(17)18/h6-7,9,16H,2-5,8H2,1H3,(H,17,18). The van der Waals surface area contributed by atoms with Crippen molar-refractivity contribution in [2.24, 2.45) is 0 Å². The van der Waals surface area contributed by atoms with Crippen LogP contribution in [0.2, 0.25) is 0 Å². The van der Waals surface area contributed by atoms with E-state index in [0.29, 0.717) is 5.56 Å². The van der Waals surface area contributed by atoms with E-state index in [9.17, 15) is 4.79 Å². The molecular formula is C14H18N2O2. The number of anilines is 1. The molecule has 4 heteroatoms. The number of carboxylic acid groups (broad SMARTS) is 1. The van der Waals surface area contributed by atoms with Gasteiger partial charge in [-0.3, -0.25) is 4.79 Å². The number of nitrogens with one attached hydrogen (secondary N) is 1. The summed E-state index contributed by atoms with van der Waals surface area (Å²) < 4.78 is 0. The Hall–Kier alpha value is -2.02. The first kappa shape index (κ1) is 14.0. The van der Waals surface area contributed by atoms with Gasteiger partial charge in [0.1, 0.15) is 0 Å². The first-order chi connectivity index (χ1) is 8.63. The summed E-state index contributed by atoms with van der Waals surface area (Å²) in [6.07, 6.45) is 2.83. The Bertz CT molecular complexity index is 450. The van der Waals surface area contributed by atoms with Crippen LogP contribution in [0.1, 0.15) is 36.8 Å². The number of hydrogen-bond acceptors (Lipinski definition) is 3. The third kappa shape index (κ3) is 4.88. The zero-order valence-corrected chi connectivity index (χ0v) is 10.6. The first-order valence-corrected chi connectivity index (χ1v) is 6.10. The first-order valence-electron chi connectivity index (χ1n) is 6.10. The summed E-state index contributed by atoms with van der Waals surface area (Å²) >= 11 is 0. The van der Waals surface area contributed by atoms with Crippen molar-refractivity contribution < 1.29 is 9.90 Å². The molecule has 0 bridgehead atoms. The molecule has 0 spiro atoms.